The third-order valence-electron chi connectivity index (χ3n) is 3.24. The minimum atomic E-state index is 0.0657. The van der Waals surface area contributed by atoms with Crippen LogP contribution in [0.4, 0.5) is 0 Å². The number of rotatable bonds is 5. The standard InChI is InChI=1S/C16H21N3O/c1-5-20-14-8-13(9-18-10-14)16(17-4)15-7-6-11(2)19-12(15)3/h6-10,16-17H,5H2,1-4H3. The number of aryl methyl sites for hydroxylation is 2. The molecule has 1 unspecified atom stereocenters. The van der Waals surface area contributed by atoms with Gasteiger partial charge in [0, 0.05) is 17.6 Å². The molecule has 4 heteroatoms. The second-order valence-electron chi connectivity index (χ2n) is 4.74. The number of aromatic nitrogens is 2. The van der Waals surface area contributed by atoms with E-state index in [-0.39, 0.29) is 6.04 Å². The average molecular weight is 271 g/mol. The van der Waals surface area contributed by atoms with Gasteiger partial charge in [-0.1, -0.05) is 6.07 Å². The fourth-order valence-electron chi connectivity index (χ4n) is 2.34. The molecule has 0 saturated heterocycles. The highest BCUT2D eigenvalue weighted by Crippen LogP contribution is 2.25. The van der Waals surface area contributed by atoms with Crippen LogP contribution in [0, 0.1) is 13.8 Å². The van der Waals surface area contributed by atoms with Gasteiger partial charge in [-0.15, -0.1) is 0 Å². The SMILES string of the molecule is CCOc1cncc(C(NC)c2ccc(C)nc2C)c1. The van der Waals surface area contributed by atoms with Crippen molar-refractivity contribution in [2.75, 3.05) is 13.7 Å². The highest BCUT2D eigenvalue weighted by Gasteiger charge is 2.16. The molecular weight excluding hydrogens is 250 g/mol. The zero-order valence-electron chi connectivity index (χ0n) is 12.5. The highest BCUT2D eigenvalue weighted by atomic mass is 16.5. The first-order valence-electron chi connectivity index (χ1n) is 6.84. The quantitative estimate of drug-likeness (QED) is 0.908. The predicted molar refractivity (Wildman–Crippen MR) is 80.0 cm³/mol. The van der Waals surface area contributed by atoms with Crippen LogP contribution in [-0.2, 0) is 0 Å². The van der Waals surface area contributed by atoms with Gasteiger partial charge in [-0.25, -0.2) is 0 Å². The summed E-state index contributed by atoms with van der Waals surface area (Å²) >= 11 is 0. The summed E-state index contributed by atoms with van der Waals surface area (Å²) in [6, 6.07) is 6.24. The van der Waals surface area contributed by atoms with Crippen LogP contribution >= 0.6 is 0 Å². The summed E-state index contributed by atoms with van der Waals surface area (Å²) in [4.78, 5) is 8.79. The Hall–Kier alpha value is -1.94. The predicted octanol–water partition coefficient (Wildman–Crippen LogP) is 2.80. The topological polar surface area (TPSA) is 47.0 Å². The molecule has 0 aliphatic carbocycles. The molecule has 0 spiro atoms. The molecule has 0 aliphatic heterocycles. The average Bonchev–Trinajstić information content (AvgIpc) is 2.43. The van der Waals surface area contributed by atoms with E-state index in [1.165, 1.54) is 0 Å². The lowest BCUT2D eigenvalue weighted by Crippen LogP contribution is -2.19. The summed E-state index contributed by atoms with van der Waals surface area (Å²) in [5, 5.41) is 3.33. The smallest absolute Gasteiger partial charge is 0.137 e. The van der Waals surface area contributed by atoms with E-state index >= 15 is 0 Å². The summed E-state index contributed by atoms with van der Waals surface area (Å²) < 4.78 is 5.52. The fraction of sp³-hybridized carbons (Fsp3) is 0.375. The maximum Gasteiger partial charge on any atom is 0.137 e. The van der Waals surface area contributed by atoms with Gasteiger partial charge in [0.25, 0.3) is 0 Å². The van der Waals surface area contributed by atoms with Gasteiger partial charge in [-0.3, -0.25) is 9.97 Å². The second kappa shape index (κ2) is 6.48. The third kappa shape index (κ3) is 3.14. The van der Waals surface area contributed by atoms with Gasteiger partial charge in [0.1, 0.15) is 5.75 Å². The molecule has 4 nitrogen and oxygen atoms in total. The molecule has 2 rings (SSSR count). The molecule has 0 saturated carbocycles. The molecule has 2 aromatic rings. The van der Waals surface area contributed by atoms with E-state index in [9.17, 15) is 0 Å². The molecule has 0 aromatic carbocycles. The number of pyridine rings is 2. The maximum absolute atomic E-state index is 5.52. The fourth-order valence-corrected chi connectivity index (χ4v) is 2.34. The molecule has 0 fully saturated rings. The van der Waals surface area contributed by atoms with Crippen molar-refractivity contribution in [2.45, 2.75) is 26.8 Å². The number of ether oxygens (including phenoxy) is 1. The van der Waals surface area contributed by atoms with Crippen LogP contribution in [0.2, 0.25) is 0 Å². The lowest BCUT2D eigenvalue weighted by Gasteiger charge is -2.19. The Morgan fingerprint density at radius 1 is 1.25 bits per heavy atom. The number of nitrogens with zero attached hydrogens (tertiary/aromatic N) is 2. The number of hydrogen-bond acceptors (Lipinski definition) is 4. The largest absolute Gasteiger partial charge is 0.492 e. The van der Waals surface area contributed by atoms with Crippen LogP contribution in [0.25, 0.3) is 0 Å². The second-order valence-corrected chi connectivity index (χ2v) is 4.74. The van der Waals surface area contributed by atoms with Crippen molar-refractivity contribution in [3.8, 4) is 5.75 Å². The summed E-state index contributed by atoms with van der Waals surface area (Å²) in [5.74, 6) is 0.794. The van der Waals surface area contributed by atoms with Gasteiger partial charge in [0.05, 0.1) is 18.8 Å². The minimum Gasteiger partial charge on any atom is -0.492 e. The minimum absolute atomic E-state index is 0.0657. The summed E-state index contributed by atoms with van der Waals surface area (Å²) in [7, 11) is 1.94. The van der Waals surface area contributed by atoms with Crippen molar-refractivity contribution in [1.82, 2.24) is 15.3 Å². The first-order chi connectivity index (χ1) is 9.65. The van der Waals surface area contributed by atoms with E-state index in [4.69, 9.17) is 4.74 Å². The Morgan fingerprint density at radius 3 is 2.70 bits per heavy atom. The highest BCUT2D eigenvalue weighted by molar-refractivity contribution is 5.36. The van der Waals surface area contributed by atoms with Gasteiger partial charge in [0.2, 0.25) is 0 Å². The van der Waals surface area contributed by atoms with Crippen LogP contribution in [0.1, 0.15) is 35.5 Å². The maximum atomic E-state index is 5.52. The van der Waals surface area contributed by atoms with Crippen LogP contribution < -0.4 is 10.1 Å². The lowest BCUT2D eigenvalue weighted by atomic mass is 9.99. The first kappa shape index (κ1) is 14.5. The van der Waals surface area contributed by atoms with Crippen molar-refractivity contribution in [1.29, 1.82) is 0 Å². The molecule has 0 bridgehead atoms. The van der Waals surface area contributed by atoms with Gasteiger partial charge in [0.15, 0.2) is 0 Å². The Morgan fingerprint density at radius 2 is 2.05 bits per heavy atom. The first-order valence-corrected chi connectivity index (χ1v) is 6.84. The van der Waals surface area contributed by atoms with Gasteiger partial charge >= 0.3 is 0 Å². The molecule has 1 N–H and O–H groups in total. The molecular formula is C16H21N3O. The van der Waals surface area contributed by atoms with Gasteiger partial charge in [-0.05, 0) is 51.1 Å². The van der Waals surface area contributed by atoms with Crippen LogP contribution in [0.15, 0.2) is 30.6 Å². The Kier molecular flexibility index (Phi) is 4.69. The Bertz CT molecular complexity index is 584. The molecule has 2 heterocycles. The van der Waals surface area contributed by atoms with Gasteiger partial charge < -0.3 is 10.1 Å². The normalized spacial score (nSPS) is 12.2. The number of hydrogen-bond donors (Lipinski definition) is 1. The van der Waals surface area contributed by atoms with E-state index in [0.717, 1.165) is 28.3 Å². The van der Waals surface area contributed by atoms with Crippen LogP contribution in [0.3, 0.4) is 0 Å². The molecule has 0 amide bonds. The monoisotopic (exact) mass is 271 g/mol. The molecule has 0 aliphatic rings. The van der Waals surface area contributed by atoms with Crippen molar-refractivity contribution >= 4 is 0 Å². The van der Waals surface area contributed by atoms with E-state index < -0.39 is 0 Å². The van der Waals surface area contributed by atoms with E-state index in [2.05, 4.69) is 21.4 Å². The van der Waals surface area contributed by atoms with E-state index in [1.807, 2.05) is 46.1 Å². The Labute approximate surface area is 120 Å². The lowest BCUT2D eigenvalue weighted by molar-refractivity contribution is 0.338. The van der Waals surface area contributed by atoms with Crippen molar-refractivity contribution in [2.24, 2.45) is 0 Å². The van der Waals surface area contributed by atoms with Crippen molar-refractivity contribution in [3.63, 3.8) is 0 Å². The zero-order valence-corrected chi connectivity index (χ0v) is 12.5. The zero-order chi connectivity index (χ0) is 14.5. The molecule has 1 atom stereocenters. The molecule has 2 aromatic heterocycles. The third-order valence-corrected chi connectivity index (χ3v) is 3.24. The number of nitrogens with one attached hydrogen (secondary N) is 1. The summed E-state index contributed by atoms with van der Waals surface area (Å²) in [5.41, 5.74) is 4.30. The van der Waals surface area contributed by atoms with Crippen LogP contribution in [0.5, 0.6) is 5.75 Å². The van der Waals surface area contributed by atoms with Crippen LogP contribution in [-0.4, -0.2) is 23.6 Å². The molecule has 106 valence electrons. The molecule has 0 radical (unpaired) electrons. The Balaban J connectivity index is 2.38. The van der Waals surface area contributed by atoms with E-state index in [1.54, 1.807) is 6.20 Å². The summed E-state index contributed by atoms with van der Waals surface area (Å²) in [6.07, 6.45) is 3.60. The van der Waals surface area contributed by atoms with Crippen molar-refractivity contribution < 1.29 is 4.74 Å². The van der Waals surface area contributed by atoms with E-state index in [0.29, 0.717) is 6.61 Å². The molecule has 20 heavy (non-hydrogen) atoms. The summed E-state index contributed by atoms with van der Waals surface area (Å²) in [6.45, 7) is 6.64. The van der Waals surface area contributed by atoms with Gasteiger partial charge in [-0.2, -0.15) is 0 Å². The van der Waals surface area contributed by atoms with Crippen molar-refractivity contribution in [3.05, 3.63) is 53.1 Å².